The third kappa shape index (κ3) is 6.79. The molecule has 0 saturated heterocycles. The lowest BCUT2D eigenvalue weighted by Gasteiger charge is -2.13. The second kappa shape index (κ2) is 14.8. The van der Waals surface area contributed by atoms with E-state index in [1.807, 2.05) is 72.8 Å². The first-order chi connectivity index (χ1) is 28.2. The molecule has 10 rings (SSSR count). The Bertz CT molecular complexity index is 2920. The van der Waals surface area contributed by atoms with Crippen molar-refractivity contribution < 1.29 is 0 Å². The van der Waals surface area contributed by atoms with Gasteiger partial charge in [0.2, 0.25) is 0 Å². The van der Waals surface area contributed by atoms with Crippen LogP contribution in [-0.2, 0) is 0 Å². The molecule has 0 amide bonds. The minimum Gasteiger partial charge on any atom is -0.292 e. The molecule has 57 heavy (non-hydrogen) atoms. The maximum absolute atomic E-state index is 5.10. The van der Waals surface area contributed by atoms with E-state index < -0.39 is 0 Å². The number of nitrogens with zero attached hydrogens (tertiary/aromatic N) is 5. The topological polar surface area (TPSA) is 56.5 Å². The standard InChI is InChI=1S/C52H35N5/c1-5-16-36(17-6-1)43-33-44(37-28-30-40(31-29-37)52-53-47-26-13-14-27-48(47)57(52)46-24-11-4-12-25-46)35-45(34-43)41-22-15-23-42(32-41)51-55-49(38-18-7-2-8-19-38)54-50(56-51)39-20-9-3-10-21-39/h1-35H. The fraction of sp³-hybridized carbons (Fsp3) is 0. The summed E-state index contributed by atoms with van der Waals surface area (Å²) < 4.78 is 2.24. The van der Waals surface area contributed by atoms with E-state index in [1.165, 1.54) is 0 Å². The molecule has 0 radical (unpaired) electrons. The quantitative estimate of drug-likeness (QED) is 0.156. The maximum Gasteiger partial charge on any atom is 0.164 e. The van der Waals surface area contributed by atoms with Crippen molar-refractivity contribution in [2.24, 2.45) is 0 Å². The Morgan fingerprint density at radius 2 is 0.667 bits per heavy atom. The molecule has 0 unspecified atom stereocenters. The van der Waals surface area contributed by atoms with E-state index in [2.05, 4.69) is 144 Å². The summed E-state index contributed by atoms with van der Waals surface area (Å²) in [7, 11) is 0. The van der Waals surface area contributed by atoms with Crippen LogP contribution in [0.1, 0.15) is 0 Å². The zero-order valence-electron chi connectivity index (χ0n) is 30.9. The number of benzene rings is 8. The van der Waals surface area contributed by atoms with Gasteiger partial charge in [-0.05, 0) is 81.9 Å². The van der Waals surface area contributed by atoms with Gasteiger partial charge < -0.3 is 0 Å². The predicted molar refractivity (Wildman–Crippen MR) is 233 cm³/mol. The molecule has 0 fully saturated rings. The van der Waals surface area contributed by atoms with Crippen LogP contribution in [0.5, 0.6) is 0 Å². The third-order valence-electron chi connectivity index (χ3n) is 10.2. The average molecular weight is 730 g/mol. The van der Waals surface area contributed by atoms with Crippen LogP contribution in [0.2, 0.25) is 0 Å². The highest BCUT2D eigenvalue weighted by molar-refractivity contribution is 5.85. The van der Waals surface area contributed by atoms with E-state index in [0.29, 0.717) is 17.5 Å². The molecule has 5 nitrogen and oxygen atoms in total. The molecule has 8 aromatic carbocycles. The summed E-state index contributed by atoms with van der Waals surface area (Å²) in [5.41, 5.74) is 13.7. The lowest BCUT2D eigenvalue weighted by molar-refractivity contribution is 1.07. The molecule has 0 atom stereocenters. The molecule has 268 valence electrons. The SMILES string of the molecule is c1ccc(-c2cc(-c3ccc(-c4nc5ccccc5n4-c4ccccc4)cc3)cc(-c3cccc(-c4nc(-c5ccccc5)nc(-c5ccccc5)n4)c3)c2)cc1. The molecule has 0 aliphatic carbocycles. The summed E-state index contributed by atoms with van der Waals surface area (Å²) in [6, 6.07) is 73.6. The second-order valence-corrected chi connectivity index (χ2v) is 14.0. The summed E-state index contributed by atoms with van der Waals surface area (Å²) in [5, 5.41) is 0. The van der Waals surface area contributed by atoms with Gasteiger partial charge in [-0.15, -0.1) is 0 Å². The van der Waals surface area contributed by atoms with Crippen molar-refractivity contribution in [1.82, 2.24) is 24.5 Å². The van der Waals surface area contributed by atoms with E-state index in [9.17, 15) is 0 Å². The first-order valence-corrected chi connectivity index (χ1v) is 19.1. The Morgan fingerprint density at radius 1 is 0.263 bits per heavy atom. The van der Waals surface area contributed by atoms with E-state index in [1.54, 1.807) is 0 Å². The first kappa shape index (κ1) is 33.8. The summed E-state index contributed by atoms with van der Waals surface area (Å²) in [6.45, 7) is 0. The van der Waals surface area contributed by atoms with Gasteiger partial charge in [-0.25, -0.2) is 19.9 Å². The van der Waals surface area contributed by atoms with Crippen molar-refractivity contribution in [2.75, 3.05) is 0 Å². The van der Waals surface area contributed by atoms with Crippen molar-refractivity contribution in [3.63, 3.8) is 0 Å². The fourth-order valence-electron chi connectivity index (χ4n) is 7.40. The molecular formula is C52H35N5. The van der Waals surface area contributed by atoms with Crippen LogP contribution < -0.4 is 0 Å². The Balaban J connectivity index is 1.07. The van der Waals surface area contributed by atoms with Gasteiger partial charge in [-0.2, -0.15) is 0 Å². The van der Waals surface area contributed by atoms with Crippen molar-refractivity contribution in [3.8, 4) is 84.6 Å². The molecule has 0 bridgehead atoms. The van der Waals surface area contributed by atoms with Crippen LogP contribution in [-0.4, -0.2) is 24.5 Å². The lowest BCUT2D eigenvalue weighted by atomic mass is 9.92. The number of aromatic nitrogens is 5. The highest BCUT2D eigenvalue weighted by Crippen LogP contribution is 2.36. The van der Waals surface area contributed by atoms with Gasteiger partial charge in [0.15, 0.2) is 17.5 Å². The van der Waals surface area contributed by atoms with Gasteiger partial charge in [0.05, 0.1) is 11.0 Å². The zero-order valence-corrected chi connectivity index (χ0v) is 30.9. The number of para-hydroxylation sites is 3. The monoisotopic (exact) mass is 729 g/mol. The number of rotatable bonds is 8. The van der Waals surface area contributed by atoms with Crippen LogP contribution in [0.15, 0.2) is 212 Å². The number of fused-ring (bicyclic) bond motifs is 1. The summed E-state index contributed by atoms with van der Waals surface area (Å²) >= 11 is 0. The van der Waals surface area contributed by atoms with Crippen molar-refractivity contribution in [1.29, 1.82) is 0 Å². The van der Waals surface area contributed by atoms with Gasteiger partial charge in [0.1, 0.15) is 5.82 Å². The van der Waals surface area contributed by atoms with Crippen molar-refractivity contribution in [3.05, 3.63) is 212 Å². The molecular weight excluding hydrogens is 695 g/mol. The van der Waals surface area contributed by atoms with Crippen LogP contribution in [0.3, 0.4) is 0 Å². The highest BCUT2D eigenvalue weighted by Gasteiger charge is 2.16. The minimum atomic E-state index is 0.626. The summed E-state index contributed by atoms with van der Waals surface area (Å²) in [6.07, 6.45) is 0. The Hall–Kier alpha value is -7.76. The molecule has 0 aliphatic heterocycles. The lowest BCUT2D eigenvalue weighted by Crippen LogP contribution is -2.00. The van der Waals surface area contributed by atoms with Gasteiger partial charge in [0.25, 0.3) is 0 Å². The minimum absolute atomic E-state index is 0.626. The van der Waals surface area contributed by atoms with Gasteiger partial charge in [0, 0.05) is 27.9 Å². The zero-order chi connectivity index (χ0) is 38.0. The smallest absolute Gasteiger partial charge is 0.164 e. The second-order valence-electron chi connectivity index (χ2n) is 14.0. The third-order valence-corrected chi connectivity index (χ3v) is 10.2. The van der Waals surface area contributed by atoms with Crippen molar-refractivity contribution in [2.45, 2.75) is 0 Å². The maximum atomic E-state index is 5.10. The molecule has 0 aliphatic rings. The Morgan fingerprint density at radius 3 is 1.26 bits per heavy atom. The average Bonchev–Trinajstić information content (AvgIpc) is 3.70. The number of hydrogen-bond donors (Lipinski definition) is 0. The van der Waals surface area contributed by atoms with E-state index >= 15 is 0 Å². The molecule has 0 saturated carbocycles. The number of hydrogen-bond acceptors (Lipinski definition) is 4. The van der Waals surface area contributed by atoms with E-state index in [0.717, 1.165) is 78.2 Å². The highest BCUT2D eigenvalue weighted by atomic mass is 15.1. The first-order valence-electron chi connectivity index (χ1n) is 19.1. The van der Waals surface area contributed by atoms with Gasteiger partial charge in [-0.1, -0.05) is 164 Å². The molecule has 2 heterocycles. The summed E-state index contributed by atoms with van der Waals surface area (Å²) in [5.74, 6) is 2.82. The fourth-order valence-corrected chi connectivity index (χ4v) is 7.40. The largest absolute Gasteiger partial charge is 0.292 e. The number of imidazole rings is 1. The van der Waals surface area contributed by atoms with E-state index in [4.69, 9.17) is 19.9 Å². The molecule has 5 heteroatoms. The Kier molecular flexibility index (Phi) is 8.78. The molecule has 10 aromatic rings. The summed E-state index contributed by atoms with van der Waals surface area (Å²) in [4.78, 5) is 20.0. The normalized spacial score (nSPS) is 11.2. The van der Waals surface area contributed by atoms with Crippen LogP contribution in [0.4, 0.5) is 0 Å². The van der Waals surface area contributed by atoms with Crippen LogP contribution in [0, 0.1) is 0 Å². The van der Waals surface area contributed by atoms with Gasteiger partial charge >= 0.3 is 0 Å². The van der Waals surface area contributed by atoms with Gasteiger partial charge in [-0.3, -0.25) is 4.57 Å². The predicted octanol–water partition coefficient (Wildman–Crippen LogP) is 12.9. The molecule has 2 aromatic heterocycles. The molecule has 0 spiro atoms. The van der Waals surface area contributed by atoms with Crippen LogP contribution in [0.25, 0.3) is 95.7 Å². The van der Waals surface area contributed by atoms with Crippen molar-refractivity contribution >= 4 is 11.0 Å². The van der Waals surface area contributed by atoms with Crippen LogP contribution >= 0.6 is 0 Å². The van der Waals surface area contributed by atoms with E-state index in [-0.39, 0.29) is 0 Å². The Labute approximate surface area is 331 Å². The molecule has 0 N–H and O–H groups in total.